The molecule has 1 amide bonds. The number of halogens is 3. The van der Waals surface area contributed by atoms with Gasteiger partial charge in [0.2, 0.25) is 11.7 Å². The van der Waals surface area contributed by atoms with E-state index in [1.54, 1.807) is 6.07 Å². The molecule has 9 heteroatoms. The topological polar surface area (TPSA) is 68.5 Å². The minimum absolute atomic E-state index is 0.00971. The molecule has 0 atom stereocenters. The van der Waals surface area contributed by atoms with E-state index in [4.69, 9.17) is 9.26 Å². The van der Waals surface area contributed by atoms with Crippen molar-refractivity contribution in [2.24, 2.45) is 0 Å². The first-order valence-electron chi connectivity index (χ1n) is 8.35. The van der Waals surface area contributed by atoms with Crippen LogP contribution in [0.15, 0.2) is 47.0 Å². The van der Waals surface area contributed by atoms with Crippen LogP contribution in [0.25, 0.3) is 11.4 Å². The molecule has 1 aliphatic rings. The van der Waals surface area contributed by atoms with E-state index in [1.807, 2.05) is 19.1 Å². The molecule has 3 aromatic rings. The van der Waals surface area contributed by atoms with E-state index in [0.29, 0.717) is 11.4 Å². The van der Waals surface area contributed by atoms with Gasteiger partial charge in [-0.05, 0) is 36.8 Å². The van der Waals surface area contributed by atoms with Crippen molar-refractivity contribution in [3.8, 4) is 17.1 Å². The minimum Gasteiger partial charge on any atom is -0.482 e. The Balaban J connectivity index is 1.60. The van der Waals surface area contributed by atoms with Gasteiger partial charge >= 0.3 is 6.18 Å². The first kappa shape index (κ1) is 18.0. The third-order valence-corrected chi connectivity index (χ3v) is 4.27. The van der Waals surface area contributed by atoms with E-state index in [-0.39, 0.29) is 36.3 Å². The number of ether oxygens (including phenoxy) is 1. The van der Waals surface area contributed by atoms with Gasteiger partial charge < -0.3 is 9.26 Å². The molecule has 0 saturated carbocycles. The van der Waals surface area contributed by atoms with Crippen LogP contribution in [0.2, 0.25) is 0 Å². The lowest BCUT2D eigenvalue weighted by Crippen LogP contribution is -2.38. The van der Waals surface area contributed by atoms with Crippen LogP contribution >= 0.6 is 0 Å². The standard InChI is InChI=1S/C19H14F3N3O3/c1-11-5-6-14-15(7-11)27-10-17(26)25(14)9-16-23-18(24-28-16)12-3-2-4-13(8-12)19(20,21)22/h2-8H,9-10H2,1H3. The highest BCUT2D eigenvalue weighted by Crippen LogP contribution is 2.34. The molecular formula is C19H14F3N3O3. The van der Waals surface area contributed by atoms with Gasteiger partial charge in [0.25, 0.3) is 5.91 Å². The number of nitrogens with zero attached hydrogens (tertiary/aromatic N) is 3. The van der Waals surface area contributed by atoms with E-state index in [0.717, 1.165) is 17.7 Å². The molecule has 28 heavy (non-hydrogen) atoms. The van der Waals surface area contributed by atoms with Gasteiger partial charge in [0.1, 0.15) is 12.3 Å². The second-order valence-corrected chi connectivity index (χ2v) is 6.33. The summed E-state index contributed by atoms with van der Waals surface area (Å²) in [6, 6.07) is 10.1. The summed E-state index contributed by atoms with van der Waals surface area (Å²) in [5.41, 5.74) is 0.927. The number of hydrogen-bond donors (Lipinski definition) is 0. The number of hydrogen-bond acceptors (Lipinski definition) is 5. The number of rotatable bonds is 3. The number of anilines is 1. The largest absolute Gasteiger partial charge is 0.482 e. The predicted octanol–water partition coefficient (Wildman–Crippen LogP) is 3.99. The predicted molar refractivity (Wildman–Crippen MR) is 92.6 cm³/mol. The van der Waals surface area contributed by atoms with Gasteiger partial charge in [0, 0.05) is 5.56 Å². The second-order valence-electron chi connectivity index (χ2n) is 6.33. The molecular weight excluding hydrogens is 375 g/mol. The number of aryl methyl sites for hydroxylation is 1. The summed E-state index contributed by atoms with van der Waals surface area (Å²) in [5.74, 6) is 0.410. The van der Waals surface area contributed by atoms with E-state index in [9.17, 15) is 18.0 Å². The molecule has 1 aromatic heterocycles. The third-order valence-electron chi connectivity index (χ3n) is 4.27. The highest BCUT2D eigenvalue weighted by molar-refractivity contribution is 5.97. The van der Waals surface area contributed by atoms with Crippen LogP contribution in [0.4, 0.5) is 18.9 Å². The van der Waals surface area contributed by atoms with Crippen molar-refractivity contribution < 1.29 is 27.2 Å². The highest BCUT2D eigenvalue weighted by Gasteiger charge is 2.31. The molecule has 0 spiro atoms. The summed E-state index contributed by atoms with van der Waals surface area (Å²) in [6.07, 6.45) is -4.47. The van der Waals surface area contributed by atoms with Crippen LogP contribution in [-0.4, -0.2) is 22.7 Å². The Morgan fingerprint density at radius 2 is 2.00 bits per heavy atom. The van der Waals surface area contributed by atoms with Crippen LogP contribution < -0.4 is 9.64 Å². The van der Waals surface area contributed by atoms with E-state index in [1.165, 1.54) is 17.0 Å². The second kappa shape index (κ2) is 6.66. The summed E-state index contributed by atoms with van der Waals surface area (Å²) >= 11 is 0. The van der Waals surface area contributed by atoms with Crippen molar-refractivity contribution >= 4 is 11.6 Å². The molecule has 4 rings (SSSR count). The maximum Gasteiger partial charge on any atom is 0.416 e. The molecule has 1 aliphatic heterocycles. The van der Waals surface area contributed by atoms with E-state index < -0.39 is 11.7 Å². The fraction of sp³-hybridized carbons (Fsp3) is 0.211. The van der Waals surface area contributed by atoms with Crippen molar-refractivity contribution in [3.05, 3.63) is 59.5 Å². The number of aromatic nitrogens is 2. The number of alkyl halides is 3. The fourth-order valence-electron chi connectivity index (χ4n) is 2.89. The van der Waals surface area contributed by atoms with Crippen molar-refractivity contribution in [3.63, 3.8) is 0 Å². The van der Waals surface area contributed by atoms with Crippen LogP contribution in [0.1, 0.15) is 17.0 Å². The van der Waals surface area contributed by atoms with Gasteiger partial charge in [-0.3, -0.25) is 9.69 Å². The number of benzene rings is 2. The van der Waals surface area contributed by atoms with Crippen LogP contribution in [0.5, 0.6) is 5.75 Å². The quantitative estimate of drug-likeness (QED) is 0.678. The molecule has 2 heterocycles. The SMILES string of the molecule is Cc1ccc2c(c1)OCC(=O)N2Cc1nc(-c2cccc(C(F)(F)F)c2)no1. The van der Waals surface area contributed by atoms with Gasteiger partial charge in [-0.2, -0.15) is 18.2 Å². The Morgan fingerprint density at radius 1 is 1.18 bits per heavy atom. The first-order chi connectivity index (χ1) is 13.3. The van der Waals surface area contributed by atoms with Gasteiger partial charge in [-0.25, -0.2) is 0 Å². The minimum atomic E-state index is -4.47. The average molecular weight is 389 g/mol. The fourth-order valence-corrected chi connectivity index (χ4v) is 2.89. The monoisotopic (exact) mass is 389 g/mol. The van der Waals surface area contributed by atoms with Gasteiger partial charge in [0.05, 0.1) is 11.3 Å². The molecule has 0 aliphatic carbocycles. The zero-order valence-corrected chi connectivity index (χ0v) is 14.7. The molecule has 0 N–H and O–H groups in total. The van der Waals surface area contributed by atoms with Crippen LogP contribution in [-0.2, 0) is 17.5 Å². The highest BCUT2D eigenvalue weighted by atomic mass is 19.4. The molecule has 0 saturated heterocycles. The zero-order chi connectivity index (χ0) is 19.9. The van der Waals surface area contributed by atoms with Crippen LogP contribution in [0, 0.1) is 6.92 Å². The Hall–Kier alpha value is -3.36. The lowest BCUT2D eigenvalue weighted by molar-refractivity contribution is -0.137. The summed E-state index contributed by atoms with van der Waals surface area (Å²) in [6.45, 7) is 1.78. The first-order valence-corrected chi connectivity index (χ1v) is 8.35. The van der Waals surface area contributed by atoms with Crippen molar-refractivity contribution in [1.82, 2.24) is 10.1 Å². The Kier molecular flexibility index (Phi) is 4.29. The normalized spacial score (nSPS) is 14.0. The number of fused-ring (bicyclic) bond motifs is 1. The summed E-state index contributed by atoms with van der Waals surface area (Å²) in [7, 11) is 0. The Labute approximate surface area is 157 Å². The molecule has 2 aromatic carbocycles. The Bertz CT molecular complexity index is 1050. The summed E-state index contributed by atoms with van der Waals surface area (Å²) in [5, 5.41) is 3.75. The van der Waals surface area contributed by atoms with Crippen molar-refractivity contribution in [2.75, 3.05) is 11.5 Å². The lowest BCUT2D eigenvalue weighted by Gasteiger charge is -2.28. The van der Waals surface area contributed by atoms with Crippen LogP contribution in [0.3, 0.4) is 0 Å². The average Bonchev–Trinajstić information content (AvgIpc) is 3.12. The zero-order valence-electron chi connectivity index (χ0n) is 14.7. The molecule has 0 unspecified atom stereocenters. The lowest BCUT2D eigenvalue weighted by atomic mass is 10.1. The molecule has 144 valence electrons. The third kappa shape index (κ3) is 3.42. The maximum atomic E-state index is 12.9. The molecule has 0 bridgehead atoms. The van der Waals surface area contributed by atoms with Gasteiger partial charge in [-0.15, -0.1) is 0 Å². The number of carbonyl (C=O) groups excluding carboxylic acids is 1. The van der Waals surface area contributed by atoms with E-state index in [2.05, 4.69) is 10.1 Å². The number of carbonyl (C=O) groups is 1. The van der Waals surface area contributed by atoms with Gasteiger partial charge in [0.15, 0.2) is 6.61 Å². The maximum absolute atomic E-state index is 12.9. The Morgan fingerprint density at radius 3 is 2.79 bits per heavy atom. The molecule has 6 nitrogen and oxygen atoms in total. The molecule has 0 radical (unpaired) electrons. The summed E-state index contributed by atoms with van der Waals surface area (Å²) in [4.78, 5) is 17.9. The van der Waals surface area contributed by atoms with Crippen molar-refractivity contribution in [2.45, 2.75) is 19.6 Å². The number of amides is 1. The smallest absolute Gasteiger partial charge is 0.416 e. The van der Waals surface area contributed by atoms with E-state index >= 15 is 0 Å². The molecule has 0 fully saturated rings. The summed E-state index contributed by atoms with van der Waals surface area (Å²) < 4.78 is 49.3. The van der Waals surface area contributed by atoms with Crippen molar-refractivity contribution in [1.29, 1.82) is 0 Å². The van der Waals surface area contributed by atoms with Gasteiger partial charge in [-0.1, -0.05) is 23.4 Å².